The van der Waals surface area contributed by atoms with Crippen molar-refractivity contribution in [1.82, 2.24) is 10.4 Å². The standard InChI is InChI=1S/C13H13F2N3/c1-8-10(3-2-6-17-8)13(18-16)11-5-4-9(14)7-12(11)15/h2-7,13,18H,16H2,1H3. The van der Waals surface area contributed by atoms with Gasteiger partial charge < -0.3 is 0 Å². The van der Waals surface area contributed by atoms with Crippen molar-refractivity contribution in [3.63, 3.8) is 0 Å². The van der Waals surface area contributed by atoms with Crippen LogP contribution < -0.4 is 11.3 Å². The van der Waals surface area contributed by atoms with E-state index in [9.17, 15) is 8.78 Å². The molecule has 0 aliphatic rings. The van der Waals surface area contributed by atoms with E-state index in [1.807, 2.05) is 0 Å². The Labute approximate surface area is 104 Å². The number of hydrazine groups is 1. The van der Waals surface area contributed by atoms with E-state index >= 15 is 0 Å². The number of aryl methyl sites for hydroxylation is 1. The Morgan fingerprint density at radius 2 is 2.00 bits per heavy atom. The number of rotatable bonds is 3. The summed E-state index contributed by atoms with van der Waals surface area (Å²) in [4.78, 5) is 4.13. The Kier molecular flexibility index (Phi) is 3.64. The number of pyridine rings is 1. The molecule has 1 aromatic carbocycles. The van der Waals surface area contributed by atoms with Crippen molar-refractivity contribution in [1.29, 1.82) is 0 Å². The van der Waals surface area contributed by atoms with Crippen LogP contribution in [0.15, 0.2) is 36.5 Å². The van der Waals surface area contributed by atoms with Gasteiger partial charge in [-0.15, -0.1) is 0 Å². The number of nitrogens with one attached hydrogen (secondary N) is 1. The van der Waals surface area contributed by atoms with Crippen LogP contribution in [0.1, 0.15) is 22.9 Å². The second-order valence-corrected chi connectivity index (χ2v) is 3.94. The average Bonchev–Trinajstić information content (AvgIpc) is 2.34. The zero-order valence-corrected chi connectivity index (χ0v) is 9.82. The van der Waals surface area contributed by atoms with Crippen LogP contribution in [0.4, 0.5) is 8.78 Å². The van der Waals surface area contributed by atoms with Gasteiger partial charge in [-0.3, -0.25) is 10.8 Å². The lowest BCUT2D eigenvalue weighted by Gasteiger charge is -2.18. The van der Waals surface area contributed by atoms with Crippen molar-refractivity contribution in [2.45, 2.75) is 13.0 Å². The number of hydrogen-bond donors (Lipinski definition) is 2. The van der Waals surface area contributed by atoms with Crippen LogP contribution in [-0.4, -0.2) is 4.98 Å². The summed E-state index contributed by atoms with van der Waals surface area (Å²) in [5.41, 5.74) is 4.32. The van der Waals surface area contributed by atoms with Crippen molar-refractivity contribution in [3.8, 4) is 0 Å². The maximum Gasteiger partial charge on any atom is 0.131 e. The molecule has 3 N–H and O–H groups in total. The summed E-state index contributed by atoms with van der Waals surface area (Å²) >= 11 is 0. The number of nitrogens with zero attached hydrogens (tertiary/aromatic N) is 1. The highest BCUT2D eigenvalue weighted by Crippen LogP contribution is 2.25. The average molecular weight is 249 g/mol. The third-order valence-electron chi connectivity index (χ3n) is 2.80. The van der Waals surface area contributed by atoms with Crippen molar-refractivity contribution in [2.75, 3.05) is 0 Å². The molecule has 0 aliphatic heterocycles. The number of aromatic nitrogens is 1. The lowest BCUT2D eigenvalue weighted by Crippen LogP contribution is -2.30. The zero-order valence-electron chi connectivity index (χ0n) is 9.82. The molecule has 0 amide bonds. The van der Waals surface area contributed by atoms with Crippen LogP contribution in [0, 0.1) is 18.6 Å². The third-order valence-corrected chi connectivity index (χ3v) is 2.80. The van der Waals surface area contributed by atoms with Gasteiger partial charge in [-0.25, -0.2) is 14.2 Å². The van der Waals surface area contributed by atoms with Gasteiger partial charge in [0, 0.05) is 23.5 Å². The molecular formula is C13H13F2N3. The molecule has 1 atom stereocenters. The second kappa shape index (κ2) is 5.20. The molecule has 18 heavy (non-hydrogen) atoms. The van der Waals surface area contributed by atoms with Gasteiger partial charge in [-0.05, 0) is 24.6 Å². The Balaban J connectivity index is 2.49. The van der Waals surface area contributed by atoms with Gasteiger partial charge in [-0.1, -0.05) is 12.1 Å². The van der Waals surface area contributed by atoms with Gasteiger partial charge in [0.2, 0.25) is 0 Å². The molecule has 0 radical (unpaired) electrons. The van der Waals surface area contributed by atoms with E-state index in [1.54, 1.807) is 25.3 Å². The Hall–Kier alpha value is -1.85. The largest absolute Gasteiger partial charge is 0.271 e. The summed E-state index contributed by atoms with van der Waals surface area (Å²) in [5.74, 6) is 4.22. The predicted molar refractivity (Wildman–Crippen MR) is 64.5 cm³/mol. The van der Waals surface area contributed by atoms with E-state index in [0.29, 0.717) is 0 Å². The fourth-order valence-electron chi connectivity index (χ4n) is 1.88. The van der Waals surface area contributed by atoms with Crippen LogP contribution in [0.2, 0.25) is 0 Å². The van der Waals surface area contributed by atoms with Gasteiger partial charge >= 0.3 is 0 Å². The van der Waals surface area contributed by atoms with Crippen LogP contribution >= 0.6 is 0 Å². The minimum atomic E-state index is -0.638. The summed E-state index contributed by atoms with van der Waals surface area (Å²) in [6.07, 6.45) is 1.65. The van der Waals surface area contributed by atoms with E-state index < -0.39 is 17.7 Å². The molecule has 3 nitrogen and oxygen atoms in total. The first-order valence-corrected chi connectivity index (χ1v) is 5.46. The first kappa shape index (κ1) is 12.6. The van der Waals surface area contributed by atoms with Gasteiger partial charge in [0.15, 0.2) is 0 Å². The molecule has 94 valence electrons. The smallest absolute Gasteiger partial charge is 0.131 e. The molecule has 2 rings (SSSR count). The van der Waals surface area contributed by atoms with Crippen molar-refractivity contribution >= 4 is 0 Å². The number of halogens is 2. The van der Waals surface area contributed by atoms with Gasteiger partial charge in [0.1, 0.15) is 11.6 Å². The summed E-state index contributed by atoms with van der Waals surface area (Å²) < 4.78 is 26.6. The fourth-order valence-corrected chi connectivity index (χ4v) is 1.88. The molecule has 1 unspecified atom stereocenters. The molecule has 1 aromatic heterocycles. The minimum Gasteiger partial charge on any atom is -0.271 e. The molecule has 0 aliphatic carbocycles. The summed E-state index contributed by atoms with van der Waals surface area (Å²) in [6, 6.07) is 6.41. The summed E-state index contributed by atoms with van der Waals surface area (Å²) in [5, 5.41) is 0. The lowest BCUT2D eigenvalue weighted by molar-refractivity contribution is 0.540. The highest BCUT2D eigenvalue weighted by molar-refractivity contribution is 5.34. The second-order valence-electron chi connectivity index (χ2n) is 3.94. The molecule has 2 aromatic rings. The molecule has 5 heteroatoms. The third kappa shape index (κ3) is 2.37. The molecule has 0 fully saturated rings. The SMILES string of the molecule is Cc1ncccc1C(NN)c1ccc(F)cc1F. The van der Waals surface area contributed by atoms with E-state index in [2.05, 4.69) is 10.4 Å². The van der Waals surface area contributed by atoms with Crippen LogP contribution in [0.25, 0.3) is 0 Å². The van der Waals surface area contributed by atoms with E-state index in [-0.39, 0.29) is 5.56 Å². The molecule has 0 saturated heterocycles. The first-order valence-electron chi connectivity index (χ1n) is 5.46. The maximum absolute atomic E-state index is 13.7. The van der Waals surface area contributed by atoms with Gasteiger partial charge in [0.05, 0.1) is 6.04 Å². The van der Waals surface area contributed by atoms with Crippen molar-refractivity contribution in [3.05, 3.63) is 65.0 Å². The quantitative estimate of drug-likeness (QED) is 0.647. The van der Waals surface area contributed by atoms with Gasteiger partial charge in [0.25, 0.3) is 0 Å². The van der Waals surface area contributed by atoms with E-state index in [4.69, 9.17) is 5.84 Å². The Bertz CT molecular complexity index is 558. The predicted octanol–water partition coefficient (Wildman–Crippen LogP) is 2.22. The molecule has 0 saturated carbocycles. The molecule has 1 heterocycles. The number of hydrogen-bond acceptors (Lipinski definition) is 3. The van der Waals surface area contributed by atoms with Crippen molar-refractivity contribution in [2.24, 2.45) is 5.84 Å². The van der Waals surface area contributed by atoms with E-state index in [0.717, 1.165) is 17.3 Å². The van der Waals surface area contributed by atoms with Crippen LogP contribution in [0.3, 0.4) is 0 Å². The highest BCUT2D eigenvalue weighted by Gasteiger charge is 2.18. The molecule has 0 bridgehead atoms. The normalized spacial score (nSPS) is 12.4. The first-order chi connectivity index (χ1) is 8.63. The molecule has 0 spiro atoms. The Morgan fingerprint density at radius 1 is 1.22 bits per heavy atom. The number of nitrogens with two attached hydrogens (primary N) is 1. The maximum atomic E-state index is 13.7. The lowest BCUT2D eigenvalue weighted by atomic mass is 9.98. The summed E-state index contributed by atoms with van der Waals surface area (Å²) in [7, 11) is 0. The fraction of sp³-hybridized carbons (Fsp3) is 0.154. The van der Waals surface area contributed by atoms with E-state index in [1.165, 1.54) is 12.1 Å². The summed E-state index contributed by atoms with van der Waals surface area (Å²) in [6.45, 7) is 1.81. The minimum absolute atomic E-state index is 0.287. The zero-order chi connectivity index (χ0) is 13.1. The molecular weight excluding hydrogens is 236 g/mol. The van der Waals surface area contributed by atoms with Crippen LogP contribution in [-0.2, 0) is 0 Å². The number of benzene rings is 1. The monoisotopic (exact) mass is 249 g/mol. The van der Waals surface area contributed by atoms with Crippen LogP contribution in [0.5, 0.6) is 0 Å². The van der Waals surface area contributed by atoms with Crippen molar-refractivity contribution < 1.29 is 8.78 Å². The topological polar surface area (TPSA) is 50.9 Å². The highest BCUT2D eigenvalue weighted by atomic mass is 19.1. The van der Waals surface area contributed by atoms with Gasteiger partial charge in [-0.2, -0.15) is 0 Å². The Morgan fingerprint density at radius 3 is 2.61 bits per heavy atom.